The topological polar surface area (TPSA) is 29.3 Å². The molecule has 1 aliphatic rings. The van der Waals surface area contributed by atoms with Crippen molar-refractivity contribution < 1.29 is 0 Å². The summed E-state index contributed by atoms with van der Waals surface area (Å²) < 4.78 is 0. The monoisotopic (exact) mass is 238 g/mol. The van der Waals surface area contributed by atoms with Crippen LogP contribution in [0.2, 0.25) is 5.02 Å². The van der Waals surface area contributed by atoms with Crippen molar-refractivity contribution in [3.05, 3.63) is 22.7 Å². The van der Waals surface area contributed by atoms with E-state index >= 15 is 0 Å². The maximum absolute atomic E-state index is 6.08. The van der Waals surface area contributed by atoms with Gasteiger partial charge in [-0.15, -0.1) is 0 Å². The van der Waals surface area contributed by atoms with Gasteiger partial charge in [-0.05, 0) is 43.4 Å². The number of anilines is 2. The molecule has 1 aromatic carbocycles. The highest BCUT2D eigenvalue weighted by atomic mass is 35.5. The molecule has 16 heavy (non-hydrogen) atoms. The fourth-order valence-electron chi connectivity index (χ4n) is 2.28. The molecule has 0 spiro atoms. The Hall–Kier alpha value is -0.890. The molecule has 0 radical (unpaired) electrons. The lowest BCUT2D eigenvalue weighted by Gasteiger charge is -2.33. The van der Waals surface area contributed by atoms with E-state index in [2.05, 4.69) is 18.7 Å². The lowest BCUT2D eigenvalue weighted by atomic mass is 9.98. The molecule has 0 aromatic heterocycles. The molecular weight excluding hydrogens is 220 g/mol. The van der Waals surface area contributed by atoms with Gasteiger partial charge in [-0.25, -0.2) is 0 Å². The number of halogens is 1. The van der Waals surface area contributed by atoms with E-state index in [4.69, 9.17) is 17.3 Å². The first-order chi connectivity index (χ1) is 7.58. The van der Waals surface area contributed by atoms with Crippen molar-refractivity contribution in [3.63, 3.8) is 0 Å². The van der Waals surface area contributed by atoms with Crippen molar-refractivity contribution in [1.82, 2.24) is 0 Å². The van der Waals surface area contributed by atoms with Crippen LogP contribution in [0.1, 0.15) is 25.3 Å². The number of piperidine rings is 1. The molecular formula is C13H19ClN2. The largest absolute Gasteiger partial charge is 0.398 e. The number of hydrogen-bond acceptors (Lipinski definition) is 2. The Morgan fingerprint density at radius 1 is 1.31 bits per heavy atom. The molecule has 3 heteroatoms. The van der Waals surface area contributed by atoms with E-state index in [-0.39, 0.29) is 0 Å². The molecule has 2 N–H and O–H groups in total. The first kappa shape index (κ1) is 11.6. The molecule has 1 aliphatic heterocycles. The maximum Gasteiger partial charge on any atom is 0.0656 e. The average molecular weight is 239 g/mol. The normalized spacial score (nSPS) is 17.8. The molecule has 2 nitrogen and oxygen atoms in total. The molecule has 1 fully saturated rings. The summed E-state index contributed by atoms with van der Waals surface area (Å²) in [6.07, 6.45) is 2.53. The zero-order valence-electron chi connectivity index (χ0n) is 9.96. The Labute approximate surface area is 102 Å². The van der Waals surface area contributed by atoms with Gasteiger partial charge in [0.15, 0.2) is 0 Å². The second kappa shape index (κ2) is 4.54. The third-order valence-electron chi connectivity index (χ3n) is 3.44. The number of hydrogen-bond donors (Lipinski definition) is 1. The third kappa shape index (κ3) is 2.27. The highest BCUT2D eigenvalue weighted by Crippen LogP contribution is 2.31. The standard InChI is InChI=1S/C13H19ClN2/c1-9-3-5-16(6-4-9)13-8-11(14)12(15)7-10(13)2/h7-9H,3-6,15H2,1-2H3. The van der Waals surface area contributed by atoms with Gasteiger partial charge in [0.1, 0.15) is 0 Å². The number of benzene rings is 1. The number of nitrogens with two attached hydrogens (primary N) is 1. The zero-order chi connectivity index (χ0) is 11.7. The van der Waals surface area contributed by atoms with Crippen LogP contribution in [-0.2, 0) is 0 Å². The Morgan fingerprint density at radius 3 is 2.56 bits per heavy atom. The summed E-state index contributed by atoms with van der Waals surface area (Å²) in [6.45, 7) is 6.67. The second-order valence-electron chi connectivity index (χ2n) is 4.83. The molecule has 1 saturated heterocycles. The maximum atomic E-state index is 6.08. The number of nitrogens with zero attached hydrogens (tertiary/aromatic N) is 1. The Morgan fingerprint density at radius 2 is 1.94 bits per heavy atom. The summed E-state index contributed by atoms with van der Waals surface area (Å²) in [5.41, 5.74) is 8.93. The van der Waals surface area contributed by atoms with Gasteiger partial charge in [0, 0.05) is 18.8 Å². The van der Waals surface area contributed by atoms with Gasteiger partial charge >= 0.3 is 0 Å². The lowest BCUT2D eigenvalue weighted by molar-refractivity contribution is 0.438. The van der Waals surface area contributed by atoms with E-state index in [0.717, 1.165) is 19.0 Å². The Balaban J connectivity index is 2.23. The van der Waals surface area contributed by atoms with Crippen LogP contribution in [0, 0.1) is 12.8 Å². The van der Waals surface area contributed by atoms with Gasteiger partial charge in [-0.1, -0.05) is 18.5 Å². The number of rotatable bonds is 1. The second-order valence-corrected chi connectivity index (χ2v) is 5.24. The molecule has 0 unspecified atom stereocenters. The fourth-order valence-corrected chi connectivity index (χ4v) is 2.44. The van der Waals surface area contributed by atoms with Gasteiger partial charge in [-0.3, -0.25) is 0 Å². The van der Waals surface area contributed by atoms with Crippen LogP contribution in [0.15, 0.2) is 12.1 Å². The van der Waals surface area contributed by atoms with E-state index in [0.29, 0.717) is 10.7 Å². The lowest BCUT2D eigenvalue weighted by Crippen LogP contribution is -2.33. The Kier molecular flexibility index (Phi) is 3.29. The first-order valence-electron chi connectivity index (χ1n) is 5.88. The minimum absolute atomic E-state index is 0.666. The van der Waals surface area contributed by atoms with E-state index in [1.807, 2.05) is 12.1 Å². The summed E-state index contributed by atoms with van der Waals surface area (Å²) in [6, 6.07) is 3.97. The molecule has 1 heterocycles. The predicted molar refractivity (Wildman–Crippen MR) is 71.2 cm³/mol. The number of aryl methyl sites for hydroxylation is 1. The molecule has 2 rings (SSSR count). The molecule has 0 aliphatic carbocycles. The highest BCUT2D eigenvalue weighted by Gasteiger charge is 2.18. The van der Waals surface area contributed by atoms with Gasteiger partial charge in [0.25, 0.3) is 0 Å². The third-order valence-corrected chi connectivity index (χ3v) is 3.77. The quantitative estimate of drug-likeness (QED) is 0.760. The Bertz CT molecular complexity index is 382. The highest BCUT2D eigenvalue weighted by molar-refractivity contribution is 6.33. The van der Waals surface area contributed by atoms with Gasteiger partial charge < -0.3 is 10.6 Å². The summed E-state index contributed by atoms with van der Waals surface area (Å²) in [5, 5.41) is 0.666. The van der Waals surface area contributed by atoms with Crippen LogP contribution < -0.4 is 10.6 Å². The SMILES string of the molecule is Cc1cc(N)c(Cl)cc1N1CCC(C)CC1. The smallest absolute Gasteiger partial charge is 0.0656 e. The molecule has 0 amide bonds. The molecule has 1 aromatic rings. The van der Waals surface area contributed by atoms with Crippen LogP contribution in [-0.4, -0.2) is 13.1 Å². The first-order valence-corrected chi connectivity index (χ1v) is 6.26. The zero-order valence-corrected chi connectivity index (χ0v) is 10.7. The van der Waals surface area contributed by atoms with Crippen LogP contribution in [0.5, 0.6) is 0 Å². The van der Waals surface area contributed by atoms with Crippen molar-refractivity contribution in [3.8, 4) is 0 Å². The summed E-state index contributed by atoms with van der Waals surface area (Å²) in [5.74, 6) is 0.848. The fraction of sp³-hybridized carbons (Fsp3) is 0.538. The summed E-state index contributed by atoms with van der Waals surface area (Å²) in [4.78, 5) is 2.42. The summed E-state index contributed by atoms with van der Waals surface area (Å²) >= 11 is 6.08. The van der Waals surface area contributed by atoms with Gasteiger partial charge in [0.2, 0.25) is 0 Å². The molecule has 88 valence electrons. The van der Waals surface area contributed by atoms with Crippen LogP contribution in [0.3, 0.4) is 0 Å². The van der Waals surface area contributed by atoms with Crippen molar-refractivity contribution in [2.45, 2.75) is 26.7 Å². The van der Waals surface area contributed by atoms with Crippen LogP contribution >= 0.6 is 11.6 Å². The summed E-state index contributed by atoms with van der Waals surface area (Å²) in [7, 11) is 0. The van der Waals surface area contributed by atoms with E-state index in [1.165, 1.54) is 24.1 Å². The van der Waals surface area contributed by atoms with Crippen LogP contribution in [0.25, 0.3) is 0 Å². The van der Waals surface area contributed by atoms with E-state index in [9.17, 15) is 0 Å². The minimum Gasteiger partial charge on any atom is -0.398 e. The van der Waals surface area contributed by atoms with Crippen molar-refractivity contribution in [2.75, 3.05) is 23.7 Å². The number of nitrogen functional groups attached to an aromatic ring is 1. The van der Waals surface area contributed by atoms with E-state index in [1.54, 1.807) is 0 Å². The van der Waals surface area contributed by atoms with E-state index < -0.39 is 0 Å². The molecule has 0 saturated carbocycles. The minimum atomic E-state index is 0.666. The van der Waals surface area contributed by atoms with Gasteiger partial charge in [0.05, 0.1) is 10.7 Å². The van der Waals surface area contributed by atoms with Gasteiger partial charge in [-0.2, -0.15) is 0 Å². The molecule has 0 atom stereocenters. The van der Waals surface area contributed by atoms with Crippen molar-refractivity contribution in [2.24, 2.45) is 5.92 Å². The van der Waals surface area contributed by atoms with Crippen molar-refractivity contribution in [1.29, 1.82) is 0 Å². The van der Waals surface area contributed by atoms with Crippen LogP contribution in [0.4, 0.5) is 11.4 Å². The predicted octanol–water partition coefficient (Wildman–Crippen LogP) is 3.47. The average Bonchev–Trinajstić information content (AvgIpc) is 2.25. The van der Waals surface area contributed by atoms with Crippen molar-refractivity contribution >= 4 is 23.0 Å². The molecule has 0 bridgehead atoms.